The first-order valence-corrected chi connectivity index (χ1v) is 7.18. The summed E-state index contributed by atoms with van der Waals surface area (Å²) in [6.45, 7) is 2.78. The van der Waals surface area contributed by atoms with E-state index in [0.717, 1.165) is 41.6 Å². The van der Waals surface area contributed by atoms with Crippen molar-refractivity contribution >= 4 is 11.6 Å². The molecule has 0 aliphatic carbocycles. The molecular formula is C16H22N4O. The molecule has 0 amide bonds. The Hall–Kier alpha value is -2.30. The predicted octanol–water partition coefficient (Wildman–Crippen LogP) is 3.09. The van der Waals surface area contributed by atoms with Gasteiger partial charge in [0.1, 0.15) is 23.2 Å². The SMILES string of the molecule is CCCc1nc(NC)cc(NCc2ccccc2OC)n1. The number of aromatic nitrogens is 2. The van der Waals surface area contributed by atoms with E-state index < -0.39 is 0 Å². The number of ether oxygens (including phenoxy) is 1. The minimum atomic E-state index is 0.662. The first-order chi connectivity index (χ1) is 10.3. The number of hydrogen-bond acceptors (Lipinski definition) is 5. The van der Waals surface area contributed by atoms with Crippen molar-refractivity contribution in [3.05, 3.63) is 41.7 Å². The van der Waals surface area contributed by atoms with Crippen molar-refractivity contribution < 1.29 is 4.74 Å². The van der Waals surface area contributed by atoms with Crippen LogP contribution in [0.5, 0.6) is 5.75 Å². The van der Waals surface area contributed by atoms with Crippen molar-refractivity contribution in [2.45, 2.75) is 26.3 Å². The minimum Gasteiger partial charge on any atom is -0.496 e. The molecule has 0 atom stereocenters. The summed E-state index contributed by atoms with van der Waals surface area (Å²) in [5, 5.41) is 6.41. The van der Waals surface area contributed by atoms with Gasteiger partial charge in [-0.3, -0.25) is 0 Å². The van der Waals surface area contributed by atoms with Crippen LogP contribution in [0.4, 0.5) is 11.6 Å². The Balaban J connectivity index is 2.13. The molecule has 0 radical (unpaired) electrons. The van der Waals surface area contributed by atoms with Crippen LogP contribution in [0, 0.1) is 0 Å². The lowest BCUT2D eigenvalue weighted by Gasteiger charge is -2.11. The highest BCUT2D eigenvalue weighted by Crippen LogP contribution is 2.19. The van der Waals surface area contributed by atoms with Crippen LogP contribution >= 0.6 is 0 Å². The third kappa shape index (κ3) is 4.08. The first-order valence-electron chi connectivity index (χ1n) is 7.18. The third-order valence-electron chi connectivity index (χ3n) is 3.15. The van der Waals surface area contributed by atoms with Crippen molar-refractivity contribution in [3.8, 4) is 5.75 Å². The van der Waals surface area contributed by atoms with Crippen LogP contribution in [-0.2, 0) is 13.0 Å². The van der Waals surface area contributed by atoms with Gasteiger partial charge in [-0.15, -0.1) is 0 Å². The van der Waals surface area contributed by atoms with E-state index in [-0.39, 0.29) is 0 Å². The highest BCUT2D eigenvalue weighted by atomic mass is 16.5. The smallest absolute Gasteiger partial charge is 0.133 e. The summed E-state index contributed by atoms with van der Waals surface area (Å²) >= 11 is 0. The lowest BCUT2D eigenvalue weighted by molar-refractivity contribution is 0.410. The van der Waals surface area contributed by atoms with Gasteiger partial charge in [-0.25, -0.2) is 9.97 Å². The largest absolute Gasteiger partial charge is 0.496 e. The quantitative estimate of drug-likeness (QED) is 0.819. The average Bonchev–Trinajstić information content (AvgIpc) is 2.53. The molecule has 0 fully saturated rings. The summed E-state index contributed by atoms with van der Waals surface area (Å²) in [6, 6.07) is 9.87. The second-order valence-corrected chi connectivity index (χ2v) is 4.72. The summed E-state index contributed by atoms with van der Waals surface area (Å²) in [5.74, 6) is 3.38. The zero-order valence-corrected chi connectivity index (χ0v) is 12.8. The van der Waals surface area contributed by atoms with Gasteiger partial charge in [0.25, 0.3) is 0 Å². The molecule has 2 aromatic rings. The summed E-state index contributed by atoms with van der Waals surface area (Å²) < 4.78 is 5.36. The molecule has 0 aliphatic rings. The molecule has 0 saturated heterocycles. The van der Waals surface area contributed by atoms with E-state index in [2.05, 4.69) is 27.5 Å². The van der Waals surface area contributed by atoms with Crippen molar-refractivity contribution in [2.75, 3.05) is 24.8 Å². The molecule has 2 rings (SSSR count). The average molecular weight is 286 g/mol. The molecule has 0 saturated carbocycles. The highest BCUT2D eigenvalue weighted by molar-refractivity contribution is 5.48. The van der Waals surface area contributed by atoms with E-state index >= 15 is 0 Å². The lowest BCUT2D eigenvalue weighted by Crippen LogP contribution is -2.07. The van der Waals surface area contributed by atoms with E-state index in [1.165, 1.54) is 0 Å². The van der Waals surface area contributed by atoms with Gasteiger partial charge in [0.2, 0.25) is 0 Å². The minimum absolute atomic E-state index is 0.662. The van der Waals surface area contributed by atoms with Gasteiger partial charge < -0.3 is 15.4 Å². The van der Waals surface area contributed by atoms with Gasteiger partial charge in [0.15, 0.2) is 0 Å². The fraction of sp³-hybridized carbons (Fsp3) is 0.375. The molecule has 1 aromatic carbocycles. The summed E-state index contributed by atoms with van der Waals surface area (Å²) in [6.07, 6.45) is 1.90. The van der Waals surface area contributed by atoms with Crippen LogP contribution in [-0.4, -0.2) is 24.1 Å². The van der Waals surface area contributed by atoms with Crippen LogP contribution in [0.3, 0.4) is 0 Å². The van der Waals surface area contributed by atoms with E-state index in [4.69, 9.17) is 4.74 Å². The lowest BCUT2D eigenvalue weighted by atomic mass is 10.2. The molecule has 5 nitrogen and oxygen atoms in total. The van der Waals surface area contributed by atoms with E-state index in [1.807, 2.05) is 37.4 Å². The number of para-hydroxylation sites is 1. The number of rotatable bonds is 7. The number of nitrogens with zero attached hydrogens (tertiary/aromatic N) is 2. The number of aryl methyl sites for hydroxylation is 1. The fourth-order valence-corrected chi connectivity index (χ4v) is 2.09. The van der Waals surface area contributed by atoms with E-state index in [0.29, 0.717) is 6.54 Å². The molecule has 1 aromatic heterocycles. The van der Waals surface area contributed by atoms with E-state index in [1.54, 1.807) is 7.11 Å². The van der Waals surface area contributed by atoms with Gasteiger partial charge in [-0.2, -0.15) is 0 Å². The van der Waals surface area contributed by atoms with Gasteiger partial charge >= 0.3 is 0 Å². The van der Waals surface area contributed by atoms with Crippen LogP contribution in [0.15, 0.2) is 30.3 Å². The second-order valence-electron chi connectivity index (χ2n) is 4.72. The Morgan fingerprint density at radius 2 is 1.90 bits per heavy atom. The molecule has 5 heteroatoms. The molecule has 21 heavy (non-hydrogen) atoms. The molecular weight excluding hydrogens is 264 g/mol. The van der Waals surface area contributed by atoms with Gasteiger partial charge in [0.05, 0.1) is 7.11 Å². The maximum atomic E-state index is 5.36. The zero-order valence-electron chi connectivity index (χ0n) is 12.8. The Kier molecular flexibility index (Phi) is 5.37. The number of hydrogen-bond donors (Lipinski definition) is 2. The second kappa shape index (κ2) is 7.47. The van der Waals surface area contributed by atoms with Crippen LogP contribution < -0.4 is 15.4 Å². The molecule has 2 N–H and O–H groups in total. The Labute approximate surface area is 125 Å². The topological polar surface area (TPSA) is 59.1 Å². The normalized spacial score (nSPS) is 10.2. The molecule has 0 unspecified atom stereocenters. The molecule has 0 spiro atoms. The van der Waals surface area contributed by atoms with Crippen molar-refractivity contribution in [1.82, 2.24) is 9.97 Å². The van der Waals surface area contributed by atoms with Crippen LogP contribution in [0.2, 0.25) is 0 Å². The Morgan fingerprint density at radius 1 is 1.14 bits per heavy atom. The monoisotopic (exact) mass is 286 g/mol. The predicted molar refractivity (Wildman–Crippen MR) is 85.9 cm³/mol. The molecule has 0 aliphatic heterocycles. The van der Waals surface area contributed by atoms with Crippen molar-refractivity contribution in [3.63, 3.8) is 0 Å². The molecule has 0 bridgehead atoms. The summed E-state index contributed by atoms with van der Waals surface area (Å²) in [4.78, 5) is 8.98. The third-order valence-corrected chi connectivity index (χ3v) is 3.15. The van der Waals surface area contributed by atoms with Gasteiger partial charge in [-0.1, -0.05) is 25.1 Å². The number of nitrogens with one attached hydrogen (secondary N) is 2. The van der Waals surface area contributed by atoms with Crippen molar-refractivity contribution in [2.24, 2.45) is 0 Å². The van der Waals surface area contributed by atoms with Gasteiger partial charge in [-0.05, 0) is 12.5 Å². The Bertz CT molecular complexity index is 586. The number of benzene rings is 1. The van der Waals surface area contributed by atoms with Crippen LogP contribution in [0.1, 0.15) is 24.7 Å². The maximum Gasteiger partial charge on any atom is 0.133 e. The maximum absolute atomic E-state index is 5.36. The van der Waals surface area contributed by atoms with Crippen LogP contribution in [0.25, 0.3) is 0 Å². The summed E-state index contributed by atoms with van der Waals surface area (Å²) in [7, 11) is 3.55. The van der Waals surface area contributed by atoms with E-state index in [9.17, 15) is 0 Å². The van der Waals surface area contributed by atoms with Gasteiger partial charge in [0, 0.05) is 31.6 Å². The first kappa shape index (κ1) is 15.1. The zero-order chi connectivity index (χ0) is 15.1. The summed E-state index contributed by atoms with van der Waals surface area (Å²) in [5.41, 5.74) is 1.10. The standard InChI is InChI=1S/C16H22N4O/c1-4-7-14-19-15(17-2)10-16(20-14)18-11-12-8-5-6-9-13(12)21-3/h5-6,8-10H,4,7,11H2,1-3H3,(H2,17,18,19,20). The number of anilines is 2. The Morgan fingerprint density at radius 3 is 2.62 bits per heavy atom. The molecule has 1 heterocycles. The highest BCUT2D eigenvalue weighted by Gasteiger charge is 2.05. The van der Waals surface area contributed by atoms with Crippen molar-refractivity contribution in [1.29, 1.82) is 0 Å². The molecule has 112 valence electrons. The fourth-order valence-electron chi connectivity index (χ4n) is 2.09. The number of methoxy groups -OCH3 is 1.